The van der Waals surface area contributed by atoms with Crippen molar-refractivity contribution in [1.82, 2.24) is 4.90 Å². The van der Waals surface area contributed by atoms with Crippen molar-refractivity contribution in [3.8, 4) is 0 Å². The minimum Gasteiger partial charge on any atom is -0.381 e. The third kappa shape index (κ3) is 2.73. The molecule has 0 aromatic carbocycles. The standard InChI is InChI=1S/C16H28N2O2/c17-11-15(4-2-1-3-5-15)10-14(19)18-8-6-16(12-18)7-9-20-13-16/h1-13,17H2. The lowest BCUT2D eigenvalue weighted by Crippen LogP contribution is -2.40. The van der Waals surface area contributed by atoms with Crippen LogP contribution in [0.4, 0.5) is 0 Å². The number of hydrogen-bond acceptors (Lipinski definition) is 3. The van der Waals surface area contributed by atoms with Crippen LogP contribution in [0.25, 0.3) is 0 Å². The molecule has 1 spiro atoms. The van der Waals surface area contributed by atoms with Crippen LogP contribution < -0.4 is 5.73 Å². The number of ether oxygens (including phenoxy) is 1. The van der Waals surface area contributed by atoms with E-state index in [0.29, 0.717) is 18.9 Å². The molecule has 0 radical (unpaired) electrons. The van der Waals surface area contributed by atoms with Crippen LogP contribution in [0.15, 0.2) is 0 Å². The first-order valence-corrected chi connectivity index (χ1v) is 8.23. The SMILES string of the molecule is NCC1(CC(=O)N2CCC3(CCOC3)C2)CCCCC1. The van der Waals surface area contributed by atoms with Crippen LogP contribution >= 0.6 is 0 Å². The highest BCUT2D eigenvalue weighted by atomic mass is 16.5. The van der Waals surface area contributed by atoms with E-state index < -0.39 is 0 Å². The van der Waals surface area contributed by atoms with Gasteiger partial charge in [-0.25, -0.2) is 0 Å². The molecule has 2 heterocycles. The third-order valence-electron chi connectivity index (χ3n) is 5.85. The monoisotopic (exact) mass is 280 g/mol. The van der Waals surface area contributed by atoms with Crippen LogP contribution in [0.2, 0.25) is 0 Å². The van der Waals surface area contributed by atoms with Crippen LogP contribution in [-0.4, -0.2) is 43.7 Å². The molecule has 3 rings (SSSR count). The van der Waals surface area contributed by atoms with Gasteiger partial charge in [-0.1, -0.05) is 19.3 Å². The van der Waals surface area contributed by atoms with Crippen LogP contribution in [0, 0.1) is 10.8 Å². The first-order valence-electron chi connectivity index (χ1n) is 8.23. The quantitative estimate of drug-likeness (QED) is 0.859. The molecule has 2 saturated heterocycles. The molecule has 1 unspecified atom stereocenters. The van der Waals surface area contributed by atoms with Crippen molar-refractivity contribution in [2.45, 2.75) is 51.4 Å². The Morgan fingerprint density at radius 1 is 1.15 bits per heavy atom. The number of carbonyl (C=O) groups is 1. The minimum atomic E-state index is 0.0945. The molecule has 3 aliphatic rings. The number of hydrogen-bond donors (Lipinski definition) is 1. The third-order valence-corrected chi connectivity index (χ3v) is 5.85. The Kier molecular flexibility index (Phi) is 4.04. The molecule has 0 aromatic rings. The average Bonchev–Trinajstić information content (AvgIpc) is 3.11. The molecular formula is C16H28N2O2. The zero-order valence-corrected chi connectivity index (χ0v) is 12.5. The molecule has 20 heavy (non-hydrogen) atoms. The summed E-state index contributed by atoms with van der Waals surface area (Å²) in [6.07, 6.45) is 8.97. The second-order valence-electron chi connectivity index (χ2n) is 7.31. The van der Waals surface area contributed by atoms with Crippen molar-refractivity contribution in [2.75, 3.05) is 32.8 Å². The Hall–Kier alpha value is -0.610. The Labute approximate surface area is 122 Å². The lowest BCUT2D eigenvalue weighted by atomic mass is 9.71. The van der Waals surface area contributed by atoms with E-state index in [4.69, 9.17) is 10.5 Å². The van der Waals surface area contributed by atoms with Gasteiger partial charge in [0.2, 0.25) is 5.91 Å². The average molecular weight is 280 g/mol. The van der Waals surface area contributed by atoms with Crippen molar-refractivity contribution in [2.24, 2.45) is 16.6 Å². The van der Waals surface area contributed by atoms with E-state index in [1.807, 2.05) is 0 Å². The Balaban J connectivity index is 1.59. The maximum atomic E-state index is 12.6. The minimum absolute atomic E-state index is 0.0945. The van der Waals surface area contributed by atoms with E-state index in [-0.39, 0.29) is 10.8 Å². The van der Waals surface area contributed by atoms with Crippen molar-refractivity contribution < 1.29 is 9.53 Å². The molecule has 1 atom stereocenters. The molecule has 1 saturated carbocycles. The van der Waals surface area contributed by atoms with Gasteiger partial charge < -0.3 is 15.4 Å². The highest BCUT2D eigenvalue weighted by molar-refractivity contribution is 5.77. The van der Waals surface area contributed by atoms with Crippen LogP contribution in [-0.2, 0) is 9.53 Å². The summed E-state index contributed by atoms with van der Waals surface area (Å²) in [5, 5.41) is 0. The largest absolute Gasteiger partial charge is 0.381 e. The van der Waals surface area contributed by atoms with Crippen LogP contribution in [0.5, 0.6) is 0 Å². The fourth-order valence-electron chi connectivity index (χ4n) is 4.31. The van der Waals surface area contributed by atoms with Gasteiger partial charge >= 0.3 is 0 Å². The van der Waals surface area contributed by atoms with Crippen LogP contribution in [0.1, 0.15) is 51.4 Å². The molecule has 0 aromatic heterocycles. The summed E-state index contributed by atoms with van der Waals surface area (Å²) in [5.74, 6) is 0.334. The van der Waals surface area contributed by atoms with Crippen LogP contribution in [0.3, 0.4) is 0 Å². The van der Waals surface area contributed by atoms with Gasteiger partial charge in [0.25, 0.3) is 0 Å². The zero-order chi connectivity index (χ0) is 14.1. The highest BCUT2D eigenvalue weighted by Gasteiger charge is 2.44. The summed E-state index contributed by atoms with van der Waals surface area (Å²) in [6, 6.07) is 0. The second kappa shape index (κ2) is 5.64. The van der Waals surface area contributed by atoms with E-state index in [2.05, 4.69) is 4.90 Å². The van der Waals surface area contributed by atoms with Gasteiger partial charge in [-0.15, -0.1) is 0 Å². The predicted octanol–water partition coefficient (Wildman–Crippen LogP) is 1.92. The smallest absolute Gasteiger partial charge is 0.223 e. The van der Waals surface area contributed by atoms with Crippen molar-refractivity contribution >= 4 is 5.91 Å². The number of amides is 1. The van der Waals surface area contributed by atoms with Crippen molar-refractivity contribution in [3.63, 3.8) is 0 Å². The van der Waals surface area contributed by atoms with Gasteiger partial charge in [0.15, 0.2) is 0 Å². The number of rotatable bonds is 3. The van der Waals surface area contributed by atoms with E-state index in [1.54, 1.807) is 0 Å². The normalized spacial score (nSPS) is 33.0. The zero-order valence-electron chi connectivity index (χ0n) is 12.5. The summed E-state index contributed by atoms with van der Waals surface area (Å²) in [4.78, 5) is 14.7. The van der Waals surface area contributed by atoms with Gasteiger partial charge in [-0.2, -0.15) is 0 Å². The Morgan fingerprint density at radius 2 is 1.95 bits per heavy atom. The van der Waals surface area contributed by atoms with E-state index in [9.17, 15) is 4.79 Å². The fraction of sp³-hybridized carbons (Fsp3) is 0.938. The topological polar surface area (TPSA) is 55.6 Å². The number of nitrogens with two attached hydrogens (primary N) is 1. The molecule has 3 fully saturated rings. The van der Waals surface area contributed by atoms with Gasteiger partial charge in [0.1, 0.15) is 0 Å². The Bertz CT molecular complexity index is 357. The molecule has 2 aliphatic heterocycles. The number of carbonyl (C=O) groups excluding carboxylic acids is 1. The molecule has 1 aliphatic carbocycles. The maximum Gasteiger partial charge on any atom is 0.223 e. The van der Waals surface area contributed by atoms with E-state index >= 15 is 0 Å². The summed E-state index contributed by atoms with van der Waals surface area (Å²) in [5.41, 5.74) is 6.38. The summed E-state index contributed by atoms with van der Waals surface area (Å²) < 4.78 is 5.54. The van der Waals surface area contributed by atoms with Crippen molar-refractivity contribution in [3.05, 3.63) is 0 Å². The summed E-state index contributed by atoms with van der Waals surface area (Å²) >= 11 is 0. The lowest BCUT2D eigenvalue weighted by molar-refractivity contribution is -0.133. The molecule has 114 valence electrons. The second-order valence-corrected chi connectivity index (χ2v) is 7.31. The van der Waals surface area contributed by atoms with E-state index in [0.717, 1.165) is 52.0 Å². The first-order chi connectivity index (χ1) is 9.67. The number of likely N-dealkylation sites (tertiary alicyclic amines) is 1. The first kappa shape index (κ1) is 14.3. The lowest BCUT2D eigenvalue weighted by Gasteiger charge is -2.37. The summed E-state index contributed by atoms with van der Waals surface area (Å²) in [7, 11) is 0. The highest BCUT2D eigenvalue weighted by Crippen LogP contribution is 2.41. The fourth-order valence-corrected chi connectivity index (χ4v) is 4.31. The molecule has 4 nitrogen and oxygen atoms in total. The molecule has 1 amide bonds. The van der Waals surface area contributed by atoms with Gasteiger partial charge in [0.05, 0.1) is 6.61 Å². The van der Waals surface area contributed by atoms with Gasteiger partial charge in [0, 0.05) is 31.5 Å². The van der Waals surface area contributed by atoms with Gasteiger partial charge in [-0.05, 0) is 37.6 Å². The number of nitrogens with zero attached hydrogens (tertiary/aromatic N) is 1. The molecule has 2 N–H and O–H groups in total. The van der Waals surface area contributed by atoms with E-state index in [1.165, 1.54) is 19.3 Å². The molecular weight excluding hydrogens is 252 g/mol. The summed E-state index contributed by atoms with van der Waals surface area (Å²) in [6.45, 7) is 4.21. The maximum absolute atomic E-state index is 12.6. The molecule has 0 bridgehead atoms. The van der Waals surface area contributed by atoms with Crippen molar-refractivity contribution in [1.29, 1.82) is 0 Å². The predicted molar refractivity (Wildman–Crippen MR) is 78.3 cm³/mol. The molecule has 4 heteroatoms. The van der Waals surface area contributed by atoms with Gasteiger partial charge in [-0.3, -0.25) is 4.79 Å². The Morgan fingerprint density at radius 3 is 2.60 bits per heavy atom.